The van der Waals surface area contributed by atoms with Crippen LogP contribution in [-0.4, -0.2) is 28.8 Å². The molecule has 6 heteroatoms. The first kappa shape index (κ1) is 15.4. The lowest BCUT2D eigenvalue weighted by molar-refractivity contribution is -0.124. The van der Waals surface area contributed by atoms with Gasteiger partial charge in [0, 0.05) is 12.3 Å². The molecule has 2 heterocycles. The summed E-state index contributed by atoms with van der Waals surface area (Å²) in [7, 11) is 0. The maximum Gasteiger partial charge on any atom is 0.254 e. The fraction of sp³-hybridized carbons (Fsp3) is 0.353. The van der Waals surface area contributed by atoms with Gasteiger partial charge in [-0.2, -0.15) is 0 Å². The van der Waals surface area contributed by atoms with Gasteiger partial charge in [-0.15, -0.1) is 10.2 Å². The highest BCUT2D eigenvalue weighted by atomic mass is 16.5. The van der Waals surface area contributed by atoms with Crippen molar-refractivity contribution >= 4 is 23.2 Å². The highest BCUT2D eigenvalue weighted by Gasteiger charge is 2.23. The van der Waals surface area contributed by atoms with Crippen molar-refractivity contribution in [1.29, 1.82) is 0 Å². The molecule has 2 aromatic rings. The summed E-state index contributed by atoms with van der Waals surface area (Å²) in [6.45, 7) is 2.76. The van der Waals surface area contributed by atoms with Crippen LogP contribution in [0.1, 0.15) is 25.3 Å². The van der Waals surface area contributed by atoms with Crippen LogP contribution in [-0.2, 0) is 16.0 Å². The van der Waals surface area contributed by atoms with Gasteiger partial charge in [0.2, 0.25) is 0 Å². The second-order valence-corrected chi connectivity index (χ2v) is 5.47. The lowest BCUT2D eigenvalue weighted by Gasteiger charge is -2.10. The summed E-state index contributed by atoms with van der Waals surface area (Å²) in [5.74, 6) is 0.898. The molecule has 3 rings (SSSR count). The van der Waals surface area contributed by atoms with Crippen LogP contribution in [0, 0.1) is 0 Å². The van der Waals surface area contributed by atoms with Gasteiger partial charge in [-0.1, -0.05) is 19.1 Å². The Bertz CT molecular complexity index is 649. The van der Waals surface area contributed by atoms with Gasteiger partial charge in [0.15, 0.2) is 11.6 Å². The number of ether oxygens (including phenoxy) is 1. The smallest absolute Gasteiger partial charge is 0.254 e. The fourth-order valence-corrected chi connectivity index (χ4v) is 2.43. The molecule has 0 aliphatic carbocycles. The molecule has 120 valence electrons. The summed E-state index contributed by atoms with van der Waals surface area (Å²) < 4.78 is 5.34. The van der Waals surface area contributed by atoms with E-state index in [2.05, 4.69) is 39.9 Å². The number of hydrogen-bond acceptors (Lipinski definition) is 5. The quantitative estimate of drug-likeness (QED) is 0.888. The van der Waals surface area contributed by atoms with E-state index in [4.69, 9.17) is 4.74 Å². The number of hydrogen-bond donors (Lipinski definition) is 2. The topological polar surface area (TPSA) is 76.1 Å². The van der Waals surface area contributed by atoms with Crippen molar-refractivity contribution in [3.63, 3.8) is 0 Å². The fourth-order valence-electron chi connectivity index (χ4n) is 2.43. The molecule has 0 spiro atoms. The lowest BCUT2D eigenvalue weighted by atomic mass is 10.1. The first-order valence-electron chi connectivity index (χ1n) is 7.87. The number of aryl methyl sites for hydroxylation is 1. The van der Waals surface area contributed by atoms with Crippen molar-refractivity contribution in [2.24, 2.45) is 0 Å². The molecule has 23 heavy (non-hydrogen) atoms. The third-order valence-electron chi connectivity index (χ3n) is 3.77. The molecule has 1 unspecified atom stereocenters. The van der Waals surface area contributed by atoms with E-state index < -0.39 is 0 Å². The lowest BCUT2D eigenvalue weighted by Crippen LogP contribution is -2.27. The molecule has 1 amide bonds. The summed E-state index contributed by atoms with van der Waals surface area (Å²) in [6.07, 6.45) is 2.32. The molecule has 1 fully saturated rings. The van der Waals surface area contributed by atoms with Gasteiger partial charge in [0.05, 0.1) is 0 Å². The van der Waals surface area contributed by atoms with E-state index in [9.17, 15) is 4.79 Å². The van der Waals surface area contributed by atoms with Crippen LogP contribution in [0.15, 0.2) is 36.4 Å². The van der Waals surface area contributed by atoms with Crippen molar-refractivity contribution in [3.05, 3.63) is 42.0 Å². The molecule has 1 aliphatic heterocycles. The van der Waals surface area contributed by atoms with Crippen LogP contribution in [0.4, 0.5) is 17.3 Å². The van der Waals surface area contributed by atoms with Crippen molar-refractivity contribution in [2.75, 3.05) is 17.2 Å². The van der Waals surface area contributed by atoms with Crippen LogP contribution in [0.25, 0.3) is 0 Å². The van der Waals surface area contributed by atoms with E-state index in [1.807, 2.05) is 12.1 Å². The Morgan fingerprint density at radius 2 is 1.91 bits per heavy atom. The number of amides is 1. The number of benzene rings is 1. The van der Waals surface area contributed by atoms with Crippen LogP contribution in [0.5, 0.6) is 0 Å². The number of carbonyl (C=O) groups excluding carboxylic acids is 1. The maximum absolute atomic E-state index is 11.9. The van der Waals surface area contributed by atoms with Crippen molar-refractivity contribution in [3.8, 4) is 0 Å². The van der Waals surface area contributed by atoms with Crippen molar-refractivity contribution in [1.82, 2.24) is 10.2 Å². The largest absolute Gasteiger partial charge is 0.368 e. The highest BCUT2D eigenvalue weighted by Crippen LogP contribution is 2.17. The maximum atomic E-state index is 11.9. The minimum atomic E-state index is -0.369. The Hall–Kier alpha value is -2.47. The second kappa shape index (κ2) is 7.19. The van der Waals surface area contributed by atoms with Gasteiger partial charge >= 0.3 is 0 Å². The Morgan fingerprint density at radius 3 is 2.52 bits per heavy atom. The highest BCUT2D eigenvalue weighted by molar-refractivity contribution is 5.93. The Labute approximate surface area is 135 Å². The molecular weight excluding hydrogens is 292 g/mol. The van der Waals surface area contributed by atoms with Gasteiger partial charge in [0.1, 0.15) is 6.10 Å². The van der Waals surface area contributed by atoms with Gasteiger partial charge in [-0.3, -0.25) is 4.79 Å². The molecule has 1 saturated heterocycles. The van der Waals surface area contributed by atoms with E-state index in [0.29, 0.717) is 18.2 Å². The van der Waals surface area contributed by atoms with E-state index in [0.717, 1.165) is 24.9 Å². The average Bonchev–Trinajstić information content (AvgIpc) is 3.12. The monoisotopic (exact) mass is 312 g/mol. The number of anilines is 3. The molecule has 0 saturated carbocycles. The molecule has 0 radical (unpaired) electrons. The van der Waals surface area contributed by atoms with Crippen LogP contribution >= 0.6 is 0 Å². The molecule has 0 bridgehead atoms. The average molecular weight is 312 g/mol. The molecule has 1 aromatic carbocycles. The number of nitrogens with zero attached hydrogens (tertiary/aromatic N) is 2. The number of carbonyl (C=O) groups is 1. The molecule has 2 N–H and O–H groups in total. The molecule has 6 nitrogen and oxygen atoms in total. The third kappa shape index (κ3) is 4.04. The summed E-state index contributed by atoms with van der Waals surface area (Å²) in [6, 6.07) is 11.7. The van der Waals surface area contributed by atoms with Crippen molar-refractivity contribution in [2.45, 2.75) is 32.3 Å². The third-order valence-corrected chi connectivity index (χ3v) is 3.77. The zero-order valence-electron chi connectivity index (χ0n) is 13.1. The van der Waals surface area contributed by atoms with Gasteiger partial charge in [-0.05, 0) is 49.1 Å². The van der Waals surface area contributed by atoms with Crippen LogP contribution in [0.3, 0.4) is 0 Å². The summed E-state index contributed by atoms with van der Waals surface area (Å²) >= 11 is 0. The number of rotatable bonds is 5. The zero-order chi connectivity index (χ0) is 16.1. The standard InChI is InChI=1S/C17H20N4O2/c1-2-12-5-7-13(8-6-12)18-15-9-10-16(21-20-15)19-17(22)14-4-3-11-23-14/h5-10,14H,2-4,11H2,1H3,(H,18,20)(H,19,21,22). The Kier molecular flexibility index (Phi) is 4.83. The predicted octanol–water partition coefficient (Wildman–Crippen LogP) is 2.90. The summed E-state index contributed by atoms with van der Waals surface area (Å²) in [5.41, 5.74) is 2.24. The molecule has 1 aliphatic rings. The van der Waals surface area contributed by atoms with E-state index in [1.165, 1.54) is 5.56 Å². The molecule has 1 atom stereocenters. The predicted molar refractivity (Wildman–Crippen MR) is 88.7 cm³/mol. The summed E-state index contributed by atoms with van der Waals surface area (Å²) in [5, 5.41) is 14.0. The first-order chi connectivity index (χ1) is 11.2. The van der Waals surface area contributed by atoms with Crippen LogP contribution < -0.4 is 10.6 Å². The molecule has 1 aromatic heterocycles. The second-order valence-electron chi connectivity index (χ2n) is 5.47. The Balaban J connectivity index is 1.58. The van der Waals surface area contributed by atoms with Gasteiger partial charge < -0.3 is 15.4 Å². The SMILES string of the molecule is CCc1ccc(Nc2ccc(NC(=O)C3CCCO3)nn2)cc1. The zero-order valence-corrected chi connectivity index (χ0v) is 13.1. The molecular formula is C17H20N4O2. The van der Waals surface area contributed by atoms with E-state index in [-0.39, 0.29) is 12.0 Å². The Morgan fingerprint density at radius 1 is 1.17 bits per heavy atom. The summed E-state index contributed by atoms with van der Waals surface area (Å²) in [4.78, 5) is 11.9. The van der Waals surface area contributed by atoms with Gasteiger partial charge in [-0.25, -0.2) is 0 Å². The van der Waals surface area contributed by atoms with Crippen molar-refractivity contribution < 1.29 is 9.53 Å². The van der Waals surface area contributed by atoms with Gasteiger partial charge in [0.25, 0.3) is 5.91 Å². The van der Waals surface area contributed by atoms with Crippen LogP contribution in [0.2, 0.25) is 0 Å². The number of nitrogens with one attached hydrogen (secondary N) is 2. The first-order valence-corrected chi connectivity index (χ1v) is 7.87. The minimum Gasteiger partial charge on any atom is -0.368 e. The van der Waals surface area contributed by atoms with E-state index in [1.54, 1.807) is 12.1 Å². The minimum absolute atomic E-state index is 0.160. The van der Waals surface area contributed by atoms with E-state index >= 15 is 0 Å². The normalized spacial score (nSPS) is 17.0. The number of aromatic nitrogens is 2.